The van der Waals surface area contributed by atoms with Gasteiger partial charge in [-0.2, -0.15) is 0 Å². The summed E-state index contributed by atoms with van der Waals surface area (Å²) in [5.41, 5.74) is -6.19. The van der Waals surface area contributed by atoms with E-state index in [1.807, 2.05) is 0 Å². The van der Waals surface area contributed by atoms with E-state index in [-0.39, 0.29) is 6.42 Å². The highest BCUT2D eigenvalue weighted by molar-refractivity contribution is 7.78. The zero-order valence-corrected chi connectivity index (χ0v) is 14.9. The van der Waals surface area contributed by atoms with E-state index in [1.165, 1.54) is 25.8 Å². The molecule has 0 saturated heterocycles. The van der Waals surface area contributed by atoms with Gasteiger partial charge in [0, 0.05) is 45.1 Å². The molecule has 0 radical (unpaired) electrons. The van der Waals surface area contributed by atoms with Gasteiger partial charge in [0.05, 0.1) is 0 Å². The van der Waals surface area contributed by atoms with Crippen molar-refractivity contribution >= 4 is 51.0 Å². The van der Waals surface area contributed by atoms with Crippen LogP contribution in [0.25, 0.3) is 0 Å². The average molecular weight is 428 g/mol. The van der Waals surface area contributed by atoms with Crippen molar-refractivity contribution in [1.82, 2.24) is 18.9 Å². The van der Waals surface area contributed by atoms with Crippen LogP contribution < -0.4 is 18.9 Å². The summed E-state index contributed by atoms with van der Waals surface area (Å²) in [5, 5.41) is 9.36. The first kappa shape index (κ1) is 23.8. The van der Waals surface area contributed by atoms with Gasteiger partial charge < -0.3 is 23.3 Å². The number of nitrogens with one attached hydrogen (secondary N) is 4. The number of carbonyl (C=O) groups is 1. The van der Waals surface area contributed by atoms with Crippen LogP contribution in [-0.4, -0.2) is 57.4 Å². The Labute approximate surface area is 146 Å². The van der Waals surface area contributed by atoms with Crippen molar-refractivity contribution in [3.63, 3.8) is 0 Å². The van der Waals surface area contributed by atoms with Gasteiger partial charge in [-0.25, -0.2) is 23.7 Å². The Kier molecular flexibility index (Phi) is 9.93. The Morgan fingerprint density at radius 1 is 0.875 bits per heavy atom. The highest BCUT2D eigenvalue weighted by Crippen LogP contribution is 2.26. The number of carboxylic acids is 1. The predicted molar refractivity (Wildman–Crippen MR) is 76.2 cm³/mol. The van der Waals surface area contributed by atoms with Gasteiger partial charge in [0.2, 0.25) is 5.66 Å². The molecule has 0 spiro atoms. The van der Waals surface area contributed by atoms with Gasteiger partial charge in [-0.15, -0.1) is 0 Å². The summed E-state index contributed by atoms with van der Waals surface area (Å²) in [6.45, 7) is 1.37. The van der Waals surface area contributed by atoms with E-state index >= 15 is 0 Å². The van der Waals surface area contributed by atoms with E-state index in [0.717, 1.165) is 0 Å². The van der Waals surface area contributed by atoms with Crippen LogP contribution >= 0.6 is 0 Å². The van der Waals surface area contributed by atoms with Crippen LogP contribution in [0.1, 0.15) is 19.8 Å². The maximum atomic E-state index is 11.6. The Hall–Kier alpha value is -0.250. The lowest BCUT2D eigenvalue weighted by molar-refractivity contribution is -0.149. The first-order valence-electron chi connectivity index (χ1n) is 5.64. The summed E-state index contributed by atoms with van der Waals surface area (Å²) in [6.07, 6.45) is -0.751. The zero-order chi connectivity index (χ0) is 19.1. The minimum atomic E-state index is -3.45. The van der Waals surface area contributed by atoms with Gasteiger partial charge in [-0.05, 0) is 6.42 Å². The Bertz CT molecular complexity index is 525. The molecule has 144 valence electrons. The Morgan fingerprint density at radius 2 is 1.21 bits per heavy atom. The molecule has 0 bridgehead atoms. The molecule has 0 aromatic rings. The first-order valence-corrected chi connectivity index (χ1v) is 9.94. The monoisotopic (exact) mass is 428 g/mol. The summed E-state index contributed by atoms with van der Waals surface area (Å²) in [6, 6.07) is 0. The third kappa shape index (κ3) is 6.24. The van der Waals surface area contributed by atoms with Crippen molar-refractivity contribution in [3.05, 3.63) is 0 Å². The highest BCUT2D eigenvalue weighted by atomic mass is 32.2. The standard InChI is InChI=1S/C6H16N4O10S4/c1-2-3-5(7-21(13)14,8-22(15)16)6(4(11)12,9-23(17)18)10-24(19)20/h7-10H,2-3H2,1H3,(H,11,12)(H,13,14)(H,15,16)(H,17,18)(H,19,20)/p-4. The molecule has 0 aliphatic heterocycles. The zero-order valence-electron chi connectivity index (χ0n) is 11.7. The fourth-order valence-electron chi connectivity index (χ4n) is 1.84. The van der Waals surface area contributed by atoms with E-state index in [1.54, 1.807) is 0 Å². The van der Waals surface area contributed by atoms with Gasteiger partial charge in [-0.3, -0.25) is 16.8 Å². The molecule has 14 nitrogen and oxygen atoms in total. The maximum Gasteiger partial charge on any atom is 0.344 e. The first-order chi connectivity index (χ1) is 10.9. The molecule has 4 unspecified atom stereocenters. The van der Waals surface area contributed by atoms with Crippen LogP contribution in [-0.2, 0) is 49.9 Å². The molecular formula is C6H12N4O10S4-4. The number of rotatable bonds is 12. The molecule has 24 heavy (non-hydrogen) atoms. The quantitative estimate of drug-likeness (QED) is 0.148. The van der Waals surface area contributed by atoms with Gasteiger partial charge >= 0.3 is 5.97 Å². The van der Waals surface area contributed by atoms with Crippen LogP contribution in [0, 0.1) is 0 Å². The smallest absolute Gasteiger partial charge is 0.344 e. The van der Waals surface area contributed by atoms with Gasteiger partial charge in [0.1, 0.15) is 5.66 Å². The van der Waals surface area contributed by atoms with E-state index in [0.29, 0.717) is 0 Å². The summed E-state index contributed by atoms with van der Waals surface area (Å²) >= 11 is -13.6. The summed E-state index contributed by atoms with van der Waals surface area (Å²) in [7, 11) is 0. The number of hydrogen-bond acceptors (Lipinski definition) is 9. The largest absolute Gasteiger partial charge is 0.760 e. The molecule has 0 aromatic heterocycles. The fraction of sp³-hybridized carbons (Fsp3) is 0.833. The van der Waals surface area contributed by atoms with Crippen LogP contribution in [0.4, 0.5) is 0 Å². The topological polar surface area (TPSA) is 246 Å². The van der Waals surface area contributed by atoms with Crippen LogP contribution in [0.15, 0.2) is 0 Å². The Morgan fingerprint density at radius 3 is 1.42 bits per heavy atom. The minimum absolute atomic E-state index is 0.0935. The molecule has 0 fully saturated rings. The molecule has 5 N–H and O–H groups in total. The molecule has 0 aliphatic rings. The molecular weight excluding hydrogens is 416 g/mol. The summed E-state index contributed by atoms with van der Waals surface area (Å²) < 4.78 is 93.4. The van der Waals surface area contributed by atoms with Crippen LogP contribution in [0.2, 0.25) is 0 Å². The molecule has 0 heterocycles. The van der Waals surface area contributed by atoms with Crippen molar-refractivity contribution in [1.29, 1.82) is 0 Å². The number of hydrogen-bond donors (Lipinski definition) is 5. The molecule has 0 aliphatic carbocycles. The second kappa shape index (κ2) is 10.0. The van der Waals surface area contributed by atoms with Crippen molar-refractivity contribution < 1.29 is 44.9 Å². The molecule has 0 rings (SSSR count). The highest BCUT2D eigenvalue weighted by Gasteiger charge is 2.58. The van der Waals surface area contributed by atoms with Crippen molar-refractivity contribution in [2.24, 2.45) is 0 Å². The molecule has 18 heteroatoms. The molecule has 0 saturated carbocycles. The lowest BCUT2D eigenvalue weighted by Gasteiger charge is -2.49. The normalized spacial score (nSPS) is 21.9. The fourth-order valence-corrected chi connectivity index (χ4v) is 4.27. The molecule has 0 amide bonds. The Balaban J connectivity index is 6.61. The summed E-state index contributed by atoms with van der Waals surface area (Å²) in [5.74, 6) is -2.24. The SMILES string of the molecule is CCCC(NS(=O)[O-])(NS(=O)[O-])C(NS(=O)[O-])(NS(=O)[O-])C(=O)O. The third-order valence-corrected chi connectivity index (χ3v) is 4.55. The minimum Gasteiger partial charge on any atom is -0.760 e. The lowest BCUT2D eigenvalue weighted by Crippen LogP contribution is -2.84. The van der Waals surface area contributed by atoms with E-state index in [4.69, 9.17) is 0 Å². The van der Waals surface area contributed by atoms with E-state index in [2.05, 4.69) is 0 Å². The second-order valence-corrected chi connectivity index (χ2v) is 6.75. The van der Waals surface area contributed by atoms with Gasteiger partial charge in [0.25, 0.3) is 0 Å². The second-order valence-electron chi connectivity index (χ2n) is 4.06. The lowest BCUT2D eigenvalue weighted by atomic mass is 9.91. The predicted octanol–water partition coefficient (Wildman–Crippen LogP) is -4.20. The number of aliphatic carboxylic acids is 1. The third-order valence-electron chi connectivity index (χ3n) is 2.57. The average Bonchev–Trinajstić information content (AvgIpc) is 2.34. The van der Waals surface area contributed by atoms with Crippen LogP contribution in [0.5, 0.6) is 0 Å². The van der Waals surface area contributed by atoms with Crippen molar-refractivity contribution in [2.45, 2.75) is 31.1 Å². The van der Waals surface area contributed by atoms with E-state index < -0.39 is 68.8 Å². The molecule has 4 atom stereocenters. The van der Waals surface area contributed by atoms with Gasteiger partial charge in [-0.1, -0.05) is 13.3 Å². The maximum absolute atomic E-state index is 11.6. The van der Waals surface area contributed by atoms with Gasteiger partial charge in [0.15, 0.2) is 0 Å². The van der Waals surface area contributed by atoms with Crippen molar-refractivity contribution in [2.75, 3.05) is 0 Å². The van der Waals surface area contributed by atoms with E-state index in [9.17, 15) is 44.9 Å². The number of carboxylic acid groups (broad SMARTS) is 1. The van der Waals surface area contributed by atoms with Crippen LogP contribution in [0.3, 0.4) is 0 Å². The van der Waals surface area contributed by atoms with Crippen molar-refractivity contribution in [3.8, 4) is 0 Å². The molecule has 0 aromatic carbocycles. The summed E-state index contributed by atoms with van der Waals surface area (Å²) in [4.78, 5) is 11.6.